The summed E-state index contributed by atoms with van der Waals surface area (Å²) in [6.07, 6.45) is 8.23. The molecular formula is C21H28ClN5. The average molecular weight is 386 g/mol. The minimum atomic E-state index is -0.0748. The fraction of sp³-hybridized carbons (Fsp3) is 0.429. The Morgan fingerprint density at radius 1 is 1.15 bits per heavy atom. The first kappa shape index (κ1) is 19.6. The molecule has 2 heterocycles. The molecule has 3 rings (SSSR count). The second-order valence-electron chi connectivity index (χ2n) is 7.90. The summed E-state index contributed by atoms with van der Waals surface area (Å²) in [5, 5.41) is 13.3. The Morgan fingerprint density at radius 3 is 2.59 bits per heavy atom. The van der Waals surface area contributed by atoms with Gasteiger partial charge in [0.05, 0.1) is 22.5 Å². The third-order valence-corrected chi connectivity index (χ3v) is 4.83. The largest absolute Gasteiger partial charge is 0.313 e. The lowest BCUT2D eigenvalue weighted by atomic mass is 10.1. The van der Waals surface area contributed by atoms with E-state index < -0.39 is 0 Å². The van der Waals surface area contributed by atoms with Crippen LogP contribution in [0.3, 0.4) is 0 Å². The first-order chi connectivity index (χ1) is 12.8. The Labute approximate surface area is 166 Å². The van der Waals surface area contributed by atoms with Crippen LogP contribution < -0.4 is 5.32 Å². The predicted molar refractivity (Wildman–Crippen MR) is 111 cm³/mol. The highest BCUT2D eigenvalue weighted by Gasteiger charge is 2.19. The first-order valence-electron chi connectivity index (χ1n) is 9.37. The standard InChI is InChI=1S/C21H28ClN5/c1-21(2,3)27-15-17(20(25-27)18-9-5-6-10-19(18)22)13-23-11-7-8-16-12-24-26(4)14-16/h5-6,9-10,12,14-15,23H,7-8,11,13H2,1-4H3. The number of aromatic nitrogens is 4. The van der Waals surface area contributed by atoms with Crippen LogP contribution in [0.2, 0.25) is 5.02 Å². The van der Waals surface area contributed by atoms with Crippen LogP contribution in [-0.2, 0) is 25.6 Å². The van der Waals surface area contributed by atoms with E-state index in [0.717, 1.165) is 42.2 Å². The molecule has 0 saturated heterocycles. The van der Waals surface area contributed by atoms with Crippen molar-refractivity contribution in [2.45, 2.75) is 45.7 Å². The van der Waals surface area contributed by atoms with Crippen LogP contribution in [0.5, 0.6) is 0 Å². The maximum atomic E-state index is 6.43. The summed E-state index contributed by atoms with van der Waals surface area (Å²) >= 11 is 6.43. The Hall–Kier alpha value is -2.11. The van der Waals surface area contributed by atoms with Crippen molar-refractivity contribution in [1.82, 2.24) is 24.9 Å². The highest BCUT2D eigenvalue weighted by molar-refractivity contribution is 6.33. The minimum Gasteiger partial charge on any atom is -0.313 e. The van der Waals surface area contributed by atoms with Crippen molar-refractivity contribution in [1.29, 1.82) is 0 Å². The Bertz CT molecular complexity index is 888. The van der Waals surface area contributed by atoms with Gasteiger partial charge < -0.3 is 5.32 Å². The van der Waals surface area contributed by atoms with Gasteiger partial charge in [-0.3, -0.25) is 9.36 Å². The van der Waals surface area contributed by atoms with Gasteiger partial charge in [0.15, 0.2) is 0 Å². The molecule has 3 aromatic rings. The number of hydrogen-bond acceptors (Lipinski definition) is 3. The smallest absolute Gasteiger partial charge is 0.0983 e. The molecule has 0 amide bonds. The van der Waals surface area contributed by atoms with Crippen molar-refractivity contribution < 1.29 is 0 Å². The Kier molecular flexibility index (Phi) is 6.02. The van der Waals surface area contributed by atoms with Crippen LogP contribution in [0.25, 0.3) is 11.3 Å². The monoisotopic (exact) mass is 385 g/mol. The van der Waals surface area contributed by atoms with E-state index in [4.69, 9.17) is 16.7 Å². The van der Waals surface area contributed by atoms with Crippen LogP contribution in [0.1, 0.15) is 38.3 Å². The lowest BCUT2D eigenvalue weighted by Gasteiger charge is -2.18. The second-order valence-corrected chi connectivity index (χ2v) is 8.31. The summed E-state index contributed by atoms with van der Waals surface area (Å²) in [5.74, 6) is 0. The SMILES string of the molecule is Cn1cc(CCCNCc2cn(C(C)(C)C)nc2-c2ccccc2Cl)cn1. The number of rotatable bonds is 7. The number of nitrogens with zero attached hydrogens (tertiary/aromatic N) is 4. The quantitative estimate of drug-likeness (QED) is 0.612. The molecule has 0 saturated carbocycles. The zero-order chi connectivity index (χ0) is 19.4. The van der Waals surface area contributed by atoms with Gasteiger partial charge in [0.1, 0.15) is 0 Å². The molecule has 1 aromatic carbocycles. The maximum absolute atomic E-state index is 6.43. The van der Waals surface area contributed by atoms with Crippen molar-refractivity contribution in [2.24, 2.45) is 7.05 Å². The summed E-state index contributed by atoms with van der Waals surface area (Å²) in [4.78, 5) is 0. The van der Waals surface area contributed by atoms with Gasteiger partial charge in [-0.05, 0) is 51.8 Å². The van der Waals surface area contributed by atoms with Gasteiger partial charge in [-0.15, -0.1) is 0 Å². The third-order valence-electron chi connectivity index (χ3n) is 4.50. The van der Waals surface area contributed by atoms with Gasteiger partial charge in [0.25, 0.3) is 0 Å². The Morgan fingerprint density at radius 2 is 1.93 bits per heavy atom. The van der Waals surface area contributed by atoms with Gasteiger partial charge in [0, 0.05) is 37.1 Å². The molecule has 0 atom stereocenters. The highest BCUT2D eigenvalue weighted by Crippen LogP contribution is 2.30. The van der Waals surface area contributed by atoms with E-state index in [1.807, 2.05) is 46.9 Å². The minimum absolute atomic E-state index is 0.0748. The van der Waals surface area contributed by atoms with E-state index in [0.29, 0.717) is 0 Å². The van der Waals surface area contributed by atoms with Crippen molar-refractivity contribution in [3.63, 3.8) is 0 Å². The van der Waals surface area contributed by atoms with Crippen LogP contribution in [0.4, 0.5) is 0 Å². The predicted octanol–water partition coefficient (Wildman–Crippen LogP) is 4.41. The molecule has 0 unspecified atom stereocenters. The molecule has 0 aliphatic carbocycles. The molecule has 27 heavy (non-hydrogen) atoms. The summed E-state index contributed by atoms with van der Waals surface area (Å²) < 4.78 is 3.87. The summed E-state index contributed by atoms with van der Waals surface area (Å²) in [7, 11) is 1.95. The van der Waals surface area contributed by atoms with Crippen LogP contribution in [0, 0.1) is 0 Å². The average Bonchev–Trinajstić information content (AvgIpc) is 3.21. The molecular weight excluding hydrogens is 358 g/mol. The highest BCUT2D eigenvalue weighted by atomic mass is 35.5. The van der Waals surface area contributed by atoms with E-state index in [2.05, 4.69) is 43.6 Å². The number of nitrogens with one attached hydrogen (secondary N) is 1. The van der Waals surface area contributed by atoms with Crippen LogP contribution >= 0.6 is 11.6 Å². The van der Waals surface area contributed by atoms with Gasteiger partial charge in [-0.1, -0.05) is 29.8 Å². The molecule has 1 N–H and O–H groups in total. The molecule has 144 valence electrons. The lowest BCUT2D eigenvalue weighted by Crippen LogP contribution is -2.22. The van der Waals surface area contributed by atoms with Crippen LogP contribution in [0.15, 0.2) is 42.9 Å². The second kappa shape index (κ2) is 8.28. The van der Waals surface area contributed by atoms with Crippen molar-refractivity contribution in [2.75, 3.05) is 6.54 Å². The summed E-state index contributed by atoms with van der Waals surface area (Å²) in [6.45, 7) is 8.17. The van der Waals surface area contributed by atoms with Gasteiger partial charge >= 0.3 is 0 Å². The molecule has 0 aliphatic heterocycles. The number of hydrogen-bond donors (Lipinski definition) is 1. The molecule has 0 fully saturated rings. The molecule has 5 nitrogen and oxygen atoms in total. The van der Waals surface area contributed by atoms with Crippen molar-refractivity contribution in [3.05, 3.63) is 59.0 Å². The first-order valence-corrected chi connectivity index (χ1v) is 9.74. The van der Waals surface area contributed by atoms with Crippen LogP contribution in [-0.4, -0.2) is 26.1 Å². The fourth-order valence-corrected chi connectivity index (χ4v) is 3.23. The number of halogens is 1. The van der Waals surface area contributed by atoms with E-state index in [1.54, 1.807) is 0 Å². The van der Waals surface area contributed by atoms with E-state index in [9.17, 15) is 0 Å². The molecule has 6 heteroatoms. The summed E-state index contributed by atoms with van der Waals surface area (Å²) in [6, 6.07) is 7.90. The molecule has 0 bridgehead atoms. The van der Waals surface area contributed by atoms with Gasteiger partial charge in [-0.2, -0.15) is 10.2 Å². The van der Waals surface area contributed by atoms with Crippen molar-refractivity contribution in [3.8, 4) is 11.3 Å². The molecule has 0 aliphatic rings. The van der Waals surface area contributed by atoms with Crippen molar-refractivity contribution >= 4 is 11.6 Å². The van der Waals surface area contributed by atoms with E-state index >= 15 is 0 Å². The lowest BCUT2D eigenvalue weighted by molar-refractivity contribution is 0.356. The number of benzene rings is 1. The third kappa shape index (κ3) is 4.99. The van der Waals surface area contributed by atoms with E-state index in [1.165, 1.54) is 11.1 Å². The number of aryl methyl sites for hydroxylation is 2. The van der Waals surface area contributed by atoms with Gasteiger partial charge in [-0.25, -0.2) is 0 Å². The molecule has 2 aromatic heterocycles. The van der Waals surface area contributed by atoms with Gasteiger partial charge in [0.2, 0.25) is 0 Å². The zero-order valence-corrected chi connectivity index (χ0v) is 17.3. The normalized spacial score (nSPS) is 11.9. The zero-order valence-electron chi connectivity index (χ0n) is 16.5. The molecule has 0 radical (unpaired) electrons. The maximum Gasteiger partial charge on any atom is 0.0983 e. The molecule has 0 spiro atoms. The van der Waals surface area contributed by atoms with E-state index in [-0.39, 0.29) is 5.54 Å². The topological polar surface area (TPSA) is 47.7 Å². The summed E-state index contributed by atoms with van der Waals surface area (Å²) in [5.41, 5.74) is 4.30. The Balaban J connectivity index is 1.68. The fourth-order valence-electron chi connectivity index (χ4n) is 3.00.